The highest BCUT2D eigenvalue weighted by atomic mass is 35.5. The van der Waals surface area contributed by atoms with E-state index in [0.717, 1.165) is 12.1 Å². The van der Waals surface area contributed by atoms with Crippen LogP contribution in [0.3, 0.4) is 0 Å². The van der Waals surface area contributed by atoms with Crippen LogP contribution >= 0.6 is 11.6 Å². The molecule has 0 aliphatic carbocycles. The number of benzene rings is 1. The van der Waals surface area contributed by atoms with Crippen molar-refractivity contribution in [3.05, 3.63) is 34.9 Å². The number of hydrogen-bond donors (Lipinski definition) is 2. The second kappa shape index (κ2) is 7.92. The number of rotatable bonds is 6. The van der Waals surface area contributed by atoms with Gasteiger partial charge in [-0.15, -0.1) is 0 Å². The highest BCUT2D eigenvalue weighted by Gasteiger charge is 2.35. The van der Waals surface area contributed by atoms with E-state index in [9.17, 15) is 4.79 Å². The van der Waals surface area contributed by atoms with Crippen LogP contribution in [0, 0.1) is 0 Å². The summed E-state index contributed by atoms with van der Waals surface area (Å²) in [6, 6.07) is 7.37. The molecule has 0 aromatic heterocycles. The number of carbonyl (C=O) groups is 1. The molecule has 22 heavy (non-hydrogen) atoms. The minimum Gasteiger partial charge on any atom is -0.396 e. The molecule has 1 amide bonds. The first kappa shape index (κ1) is 17.2. The van der Waals surface area contributed by atoms with Gasteiger partial charge in [-0.1, -0.05) is 23.7 Å². The minimum absolute atomic E-state index is 0.0502. The van der Waals surface area contributed by atoms with Crippen LogP contribution in [0.2, 0.25) is 5.02 Å². The lowest BCUT2D eigenvalue weighted by Gasteiger charge is -2.28. The molecule has 1 heterocycles. The summed E-state index contributed by atoms with van der Waals surface area (Å²) in [5.41, 5.74) is 6.98. The molecule has 6 heteroatoms. The fraction of sp³-hybridized carbons (Fsp3) is 0.562. The van der Waals surface area contributed by atoms with E-state index in [-0.39, 0.29) is 24.6 Å². The quantitative estimate of drug-likeness (QED) is 0.821. The number of nitrogens with zero attached hydrogens (tertiary/aromatic N) is 2. The molecular weight excluding hydrogens is 302 g/mol. The molecule has 1 aromatic rings. The van der Waals surface area contributed by atoms with E-state index in [1.54, 1.807) is 4.90 Å². The normalized spacial score (nSPS) is 22.0. The number of hydrogen-bond acceptors (Lipinski definition) is 4. The molecule has 2 rings (SSSR count). The molecule has 1 aliphatic rings. The maximum Gasteiger partial charge on any atom is 0.240 e. The molecule has 0 unspecified atom stereocenters. The molecule has 2 atom stereocenters. The lowest BCUT2D eigenvalue weighted by Crippen LogP contribution is -2.44. The third kappa shape index (κ3) is 4.43. The molecule has 1 saturated heterocycles. The van der Waals surface area contributed by atoms with Crippen molar-refractivity contribution in [2.24, 2.45) is 5.73 Å². The van der Waals surface area contributed by atoms with E-state index < -0.39 is 0 Å². The van der Waals surface area contributed by atoms with E-state index in [2.05, 4.69) is 0 Å². The summed E-state index contributed by atoms with van der Waals surface area (Å²) in [6.45, 7) is 1.88. The molecule has 1 fully saturated rings. The van der Waals surface area contributed by atoms with Gasteiger partial charge in [0.15, 0.2) is 0 Å². The number of likely N-dealkylation sites (tertiary alicyclic amines) is 1. The average Bonchev–Trinajstić information content (AvgIpc) is 2.83. The molecule has 0 saturated carbocycles. The third-order valence-electron chi connectivity index (χ3n) is 4.05. The van der Waals surface area contributed by atoms with Gasteiger partial charge in [-0.25, -0.2) is 0 Å². The summed E-state index contributed by atoms with van der Waals surface area (Å²) in [7, 11) is 1.93. The summed E-state index contributed by atoms with van der Waals surface area (Å²) in [5, 5.41) is 9.75. The predicted molar refractivity (Wildman–Crippen MR) is 87.6 cm³/mol. The Morgan fingerprint density at radius 1 is 1.45 bits per heavy atom. The minimum atomic E-state index is -0.166. The van der Waals surface area contributed by atoms with Gasteiger partial charge < -0.3 is 15.7 Å². The Bertz CT molecular complexity index is 495. The highest BCUT2D eigenvalue weighted by Crippen LogP contribution is 2.19. The van der Waals surface area contributed by atoms with E-state index in [4.69, 9.17) is 22.4 Å². The Morgan fingerprint density at radius 3 is 2.68 bits per heavy atom. The van der Waals surface area contributed by atoms with Crippen LogP contribution in [-0.4, -0.2) is 59.6 Å². The van der Waals surface area contributed by atoms with Crippen molar-refractivity contribution >= 4 is 17.5 Å². The Balaban J connectivity index is 2.07. The summed E-state index contributed by atoms with van der Waals surface area (Å²) in [6.07, 6.45) is 1.26. The number of nitrogens with two attached hydrogens (primary N) is 1. The van der Waals surface area contributed by atoms with Gasteiger partial charge in [0.25, 0.3) is 0 Å². The maximum atomic E-state index is 12.8. The summed E-state index contributed by atoms with van der Waals surface area (Å²) >= 11 is 5.90. The maximum absolute atomic E-state index is 12.8. The largest absolute Gasteiger partial charge is 0.396 e. The summed E-state index contributed by atoms with van der Waals surface area (Å²) in [5.74, 6) is 0.0823. The van der Waals surface area contributed by atoms with Crippen LogP contribution in [0.5, 0.6) is 0 Å². The fourth-order valence-corrected chi connectivity index (χ4v) is 3.00. The van der Waals surface area contributed by atoms with Crippen LogP contribution < -0.4 is 5.73 Å². The van der Waals surface area contributed by atoms with Gasteiger partial charge >= 0.3 is 0 Å². The molecular formula is C16H24ClN3O2. The molecule has 3 N–H and O–H groups in total. The van der Waals surface area contributed by atoms with Crippen molar-refractivity contribution in [2.75, 3.05) is 26.7 Å². The molecule has 1 aliphatic heterocycles. The van der Waals surface area contributed by atoms with Gasteiger partial charge in [0, 0.05) is 37.3 Å². The first-order valence-electron chi connectivity index (χ1n) is 7.61. The fourth-order valence-electron chi connectivity index (χ4n) is 2.88. The van der Waals surface area contributed by atoms with Crippen molar-refractivity contribution < 1.29 is 9.90 Å². The number of aliphatic hydroxyl groups is 1. The predicted octanol–water partition coefficient (Wildman–Crippen LogP) is 1.08. The number of halogens is 1. The molecule has 0 bridgehead atoms. The van der Waals surface area contributed by atoms with Gasteiger partial charge in [-0.05, 0) is 37.6 Å². The monoisotopic (exact) mass is 325 g/mol. The van der Waals surface area contributed by atoms with Crippen LogP contribution in [0.15, 0.2) is 24.3 Å². The second-order valence-corrected chi connectivity index (χ2v) is 6.35. The van der Waals surface area contributed by atoms with Gasteiger partial charge in [0.05, 0.1) is 6.04 Å². The van der Waals surface area contributed by atoms with Crippen molar-refractivity contribution in [2.45, 2.75) is 31.5 Å². The van der Waals surface area contributed by atoms with Crippen LogP contribution in [0.4, 0.5) is 0 Å². The number of aliphatic hydroxyl groups excluding tert-OH is 1. The average molecular weight is 326 g/mol. The van der Waals surface area contributed by atoms with Gasteiger partial charge in [0.1, 0.15) is 0 Å². The molecule has 122 valence electrons. The molecule has 0 radical (unpaired) electrons. The second-order valence-electron chi connectivity index (χ2n) is 5.91. The zero-order chi connectivity index (χ0) is 16.1. The van der Waals surface area contributed by atoms with Crippen molar-refractivity contribution in [1.29, 1.82) is 0 Å². The Kier molecular flexibility index (Phi) is 6.20. The van der Waals surface area contributed by atoms with Crippen molar-refractivity contribution in [1.82, 2.24) is 9.80 Å². The van der Waals surface area contributed by atoms with Crippen molar-refractivity contribution in [3.8, 4) is 0 Å². The standard InChI is InChI=1S/C16H24ClN3O2/c1-19-11-14(18)9-15(19)16(22)20(7-2-8-21)10-12-3-5-13(17)6-4-12/h3-6,14-15,21H,2,7-11,18H2,1H3/t14-,15-/m0/s1. The smallest absolute Gasteiger partial charge is 0.240 e. The Hall–Kier alpha value is -1.14. The highest BCUT2D eigenvalue weighted by molar-refractivity contribution is 6.30. The topological polar surface area (TPSA) is 69.8 Å². The zero-order valence-corrected chi connectivity index (χ0v) is 13.7. The molecule has 5 nitrogen and oxygen atoms in total. The van der Waals surface area contributed by atoms with E-state index in [1.807, 2.05) is 36.2 Å². The molecule has 1 aromatic carbocycles. The van der Waals surface area contributed by atoms with Crippen LogP contribution in [0.1, 0.15) is 18.4 Å². The third-order valence-corrected chi connectivity index (χ3v) is 4.30. The van der Waals surface area contributed by atoms with Crippen LogP contribution in [-0.2, 0) is 11.3 Å². The summed E-state index contributed by atoms with van der Waals surface area (Å²) < 4.78 is 0. The Morgan fingerprint density at radius 2 is 2.14 bits per heavy atom. The Labute approximate surface area is 136 Å². The lowest BCUT2D eigenvalue weighted by atomic mass is 10.1. The van der Waals surface area contributed by atoms with Gasteiger partial charge in [-0.3, -0.25) is 9.69 Å². The van der Waals surface area contributed by atoms with E-state index in [1.165, 1.54) is 0 Å². The number of carbonyl (C=O) groups excluding carboxylic acids is 1. The van der Waals surface area contributed by atoms with Gasteiger partial charge in [0.2, 0.25) is 5.91 Å². The summed E-state index contributed by atoms with van der Waals surface area (Å²) in [4.78, 5) is 16.6. The van der Waals surface area contributed by atoms with Crippen LogP contribution in [0.25, 0.3) is 0 Å². The number of likely N-dealkylation sites (N-methyl/N-ethyl adjacent to an activating group) is 1. The van der Waals surface area contributed by atoms with E-state index >= 15 is 0 Å². The zero-order valence-electron chi connectivity index (χ0n) is 12.9. The first-order valence-corrected chi connectivity index (χ1v) is 7.99. The first-order chi connectivity index (χ1) is 10.5. The number of amides is 1. The SMILES string of the molecule is CN1C[C@@H](N)C[C@H]1C(=O)N(CCCO)Cc1ccc(Cl)cc1. The van der Waals surface area contributed by atoms with Gasteiger partial charge in [-0.2, -0.15) is 0 Å². The van der Waals surface area contributed by atoms with E-state index in [0.29, 0.717) is 31.0 Å². The van der Waals surface area contributed by atoms with Crippen molar-refractivity contribution in [3.63, 3.8) is 0 Å². The molecule has 0 spiro atoms. The lowest BCUT2D eigenvalue weighted by molar-refractivity contribution is -0.136.